The fraction of sp³-hybridized carbons (Fsp3) is 0.700. The quantitative estimate of drug-likeness (QED) is 0.510. The molecular weight excluding hydrogens is 184 g/mol. The maximum atomic E-state index is 11.1. The number of esters is 1. The summed E-state index contributed by atoms with van der Waals surface area (Å²) >= 11 is 0. The standard InChI is InChI=1S/C10H16O4/c1-2-14-9(12)7-10(13)6-4-3-5-8(10)11/h4,6,8,11,13H,2-3,5,7H2,1H3. The molecule has 4 heteroatoms. The highest BCUT2D eigenvalue weighted by atomic mass is 16.5. The van der Waals surface area contributed by atoms with Crippen LogP contribution in [0.15, 0.2) is 12.2 Å². The summed E-state index contributed by atoms with van der Waals surface area (Å²) in [4.78, 5) is 11.1. The van der Waals surface area contributed by atoms with Crippen LogP contribution >= 0.6 is 0 Å². The zero-order valence-electron chi connectivity index (χ0n) is 8.27. The molecule has 0 aromatic rings. The van der Waals surface area contributed by atoms with E-state index in [1.807, 2.05) is 0 Å². The van der Waals surface area contributed by atoms with Gasteiger partial charge in [0.1, 0.15) is 5.60 Å². The molecule has 2 N–H and O–H groups in total. The Balaban J connectivity index is 2.59. The van der Waals surface area contributed by atoms with E-state index < -0.39 is 17.7 Å². The number of hydrogen-bond acceptors (Lipinski definition) is 4. The lowest BCUT2D eigenvalue weighted by atomic mass is 9.85. The number of aliphatic hydroxyl groups excluding tert-OH is 1. The molecule has 80 valence electrons. The van der Waals surface area contributed by atoms with E-state index in [-0.39, 0.29) is 13.0 Å². The minimum atomic E-state index is -1.44. The Morgan fingerprint density at radius 1 is 1.71 bits per heavy atom. The van der Waals surface area contributed by atoms with E-state index in [1.165, 1.54) is 6.08 Å². The minimum Gasteiger partial charge on any atom is -0.466 e. The van der Waals surface area contributed by atoms with Crippen molar-refractivity contribution in [2.24, 2.45) is 0 Å². The summed E-state index contributed by atoms with van der Waals surface area (Å²) in [5, 5.41) is 19.4. The number of rotatable bonds is 3. The Kier molecular flexibility index (Phi) is 3.66. The Morgan fingerprint density at radius 3 is 3.00 bits per heavy atom. The van der Waals surface area contributed by atoms with Crippen LogP contribution in [0, 0.1) is 0 Å². The molecule has 0 aromatic carbocycles. The summed E-state index contributed by atoms with van der Waals surface area (Å²) in [5.74, 6) is -0.486. The molecule has 4 nitrogen and oxygen atoms in total. The average Bonchev–Trinajstić information content (AvgIpc) is 2.10. The van der Waals surface area contributed by atoms with E-state index >= 15 is 0 Å². The van der Waals surface area contributed by atoms with E-state index in [9.17, 15) is 15.0 Å². The van der Waals surface area contributed by atoms with Crippen molar-refractivity contribution < 1.29 is 19.7 Å². The van der Waals surface area contributed by atoms with E-state index in [1.54, 1.807) is 13.0 Å². The van der Waals surface area contributed by atoms with Gasteiger partial charge in [0.2, 0.25) is 0 Å². The molecule has 0 saturated heterocycles. The smallest absolute Gasteiger partial charge is 0.309 e. The first-order valence-corrected chi connectivity index (χ1v) is 4.82. The highest BCUT2D eigenvalue weighted by Crippen LogP contribution is 2.26. The lowest BCUT2D eigenvalue weighted by molar-refractivity contribution is -0.151. The molecule has 14 heavy (non-hydrogen) atoms. The number of ether oxygens (including phenoxy) is 1. The van der Waals surface area contributed by atoms with Gasteiger partial charge >= 0.3 is 5.97 Å². The predicted molar refractivity (Wildman–Crippen MR) is 50.6 cm³/mol. The maximum absolute atomic E-state index is 11.1. The highest BCUT2D eigenvalue weighted by molar-refractivity contribution is 5.71. The van der Waals surface area contributed by atoms with Crippen molar-refractivity contribution in [1.29, 1.82) is 0 Å². The van der Waals surface area contributed by atoms with Gasteiger partial charge in [0.05, 0.1) is 19.1 Å². The fourth-order valence-corrected chi connectivity index (χ4v) is 1.52. The van der Waals surface area contributed by atoms with Crippen LogP contribution in [0.4, 0.5) is 0 Å². The Hall–Kier alpha value is -0.870. The normalized spacial score (nSPS) is 31.5. The first kappa shape index (κ1) is 11.2. The number of hydrogen-bond donors (Lipinski definition) is 2. The van der Waals surface area contributed by atoms with Crippen LogP contribution in [0.1, 0.15) is 26.2 Å². The van der Waals surface area contributed by atoms with Gasteiger partial charge in [0, 0.05) is 0 Å². The van der Waals surface area contributed by atoms with Crippen LogP contribution in [0.25, 0.3) is 0 Å². The first-order valence-electron chi connectivity index (χ1n) is 4.82. The van der Waals surface area contributed by atoms with Crippen LogP contribution in [-0.2, 0) is 9.53 Å². The van der Waals surface area contributed by atoms with Gasteiger partial charge in [0.25, 0.3) is 0 Å². The van der Waals surface area contributed by atoms with E-state index in [2.05, 4.69) is 0 Å². The molecule has 2 unspecified atom stereocenters. The summed E-state index contributed by atoms with van der Waals surface area (Å²) < 4.78 is 4.71. The van der Waals surface area contributed by atoms with Crippen molar-refractivity contribution in [2.75, 3.05) is 6.61 Å². The van der Waals surface area contributed by atoms with Gasteiger partial charge < -0.3 is 14.9 Å². The topological polar surface area (TPSA) is 66.8 Å². The summed E-state index contributed by atoms with van der Waals surface area (Å²) in [5.41, 5.74) is -1.44. The summed E-state index contributed by atoms with van der Waals surface area (Å²) in [6.07, 6.45) is 3.40. The van der Waals surface area contributed by atoms with E-state index in [0.717, 1.165) is 6.42 Å². The van der Waals surface area contributed by atoms with Crippen LogP contribution < -0.4 is 0 Å². The molecule has 0 fully saturated rings. The number of carbonyl (C=O) groups excluding carboxylic acids is 1. The molecular formula is C10H16O4. The fourth-order valence-electron chi connectivity index (χ4n) is 1.52. The summed E-state index contributed by atoms with van der Waals surface area (Å²) in [7, 11) is 0. The maximum Gasteiger partial charge on any atom is 0.309 e. The molecule has 1 aliphatic carbocycles. The molecule has 0 heterocycles. The van der Waals surface area contributed by atoms with Crippen LogP contribution in [-0.4, -0.2) is 34.5 Å². The largest absolute Gasteiger partial charge is 0.466 e. The molecule has 0 aromatic heterocycles. The molecule has 0 spiro atoms. The lowest BCUT2D eigenvalue weighted by Gasteiger charge is -2.31. The number of carbonyl (C=O) groups is 1. The SMILES string of the molecule is CCOC(=O)CC1(O)C=CCCC1O. The number of aliphatic hydroxyl groups is 2. The summed E-state index contributed by atoms with van der Waals surface area (Å²) in [6, 6.07) is 0. The second kappa shape index (κ2) is 4.57. The van der Waals surface area contributed by atoms with E-state index in [0.29, 0.717) is 6.42 Å². The third-order valence-electron chi connectivity index (χ3n) is 2.32. The highest BCUT2D eigenvalue weighted by Gasteiger charge is 2.37. The average molecular weight is 200 g/mol. The Labute approximate surface area is 83.2 Å². The van der Waals surface area contributed by atoms with Crippen LogP contribution in [0.5, 0.6) is 0 Å². The third-order valence-corrected chi connectivity index (χ3v) is 2.32. The molecule has 0 saturated carbocycles. The van der Waals surface area contributed by atoms with Gasteiger partial charge in [-0.1, -0.05) is 12.2 Å². The van der Waals surface area contributed by atoms with Crippen molar-refractivity contribution in [3.05, 3.63) is 12.2 Å². The molecule has 1 rings (SSSR count). The zero-order chi connectivity index (χ0) is 10.6. The molecule has 0 amide bonds. The monoisotopic (exact) mass is 200 g/mol. The molecule has 1 aliphatic rings. The molecule has 0 aliphatic heterocycles. The van der Waals surface area contributed by atoms with Gasteiger partial charge in [-0.3, -0.25) is 4.79 Å². The van der Waals surface area contributed by atoms with Crippen molar-refractivity contribution in [2.45, 2.75) is 37.9 Å². The molecule has 0 radical (unpaired) electrons. The van der Waals surface area contributed by atoms with Crippen molar-refractivity contribution >= 4 is 5.97 Å². The van der Waals surface area contributed by atoms with E-state index in [4.69, 9.17) is 4.74 Å². The Bertz CT molecular complexity index is 236. The second-order valence-electron chi connectivity index (χ2n) is 3.47. The first-order chi connectivity index (χ1) is 6.58. The van der Waals surface area contributed by atoms with Gasteiger partial charge in [-0.15, -0.1) is 0 Å². The van der Waals surface area contributed by atoms with Gasteiger partial charge in [0.15, 0.2) is 0 Å². The summed E-state index contributed by atoms with van der Waals surface area (Å²) in [6.45, 7) is 1.99. The third kappa shape index (κ3) is 2.56. The van der Waals surface area contributed by atoms with Crippen LogP contribution in [0.2, 0.25) is 0 Å². The van der Waals surface area contributed by atoms with Crippen molar-refractivity contribution in [3.63, 3.8) is 0 Å². The molecule has 2 atom stereocenters. The zero-order valence-corrected chi connectivity index (χ0v) is 8.27. The Morgan fingerprint density at radius 2 is 2.43 bits per heavy atom. The number of allylic oxidation sites excluding steroid dienone is 1. The van der Waals surface area contributed by atoms with Gasteiger partial charge in [-0.05, 0) is 19.8 Å². The van der Waals surface area contributed by atoms with Gasteiger partial charge in [-0.25, -0.2) is 0 Å². The van der Waals surface area contributed by atoms with Crippen LogP contribution in [0.3, 0.4) is 0 Å². The lowest BCUT2D eigenvalue weighted by Crippen LogP contribution is -2.44. The van der Waals surface area contributed by atoms with Crippen molar-refractivity contribution in [1.82, 2.24) is 0 Å². The van der Waals surface area contributed by atoms with Gasteiger partial charge in [-0.2, -0.15) is 0 Å². The van der Waals surface area contributed by atoms with Crippen molar-refractivity contribution in [3.8, 4) is 0 Å². The minimum absolute atomic E-state index is 0.182. The molecule has 0 bridgehead atoms. The predicted octanol–water partition coefficient (Wildman–Crippen LogP) is 0.382. The second-order valence-corrected chi connectivity index (χ2v) is 3.47.